The van der Waals surface area contributed by atoms with Gasteiger partial charge in [0.25, 0.3) is 0 Å². The maximum Gasteiger partial charge on any atom is 0.0115 e. The molecule has 0 radical (unpaired) electrons. The molecule has 0 amide bonds. The van der Waals surface area contributed by atoms with Crippen LogP contribution in [0.15, 0.2) is 0 Å². The standard InChI is InChI=1S/C14H27N/c1-6-8-9-10-11-12-13(15-7-2)14(3,4)5/h13,15H,7,9-12H2,1-5H3. The van der Waals surface area contributed by atoms with Crippen molar-refractivity contribution in [2.75, 3.05) is 6.54 Å². The first-order valence-electron chi connectivity index (χ1n) is 6.15. The maximum atomic E-state index is 3.58. The zero-order valence-electron chi connectivity index (χ0n) is 11.1. The van der Waals surface area contributed by atoms with Crippen LogP contribution >= 0.6 is 0 Å². The summed E-state index contributed by atoms with van der Waals surface area (Å²) in [5, 5.41) is 3.58. The molecule has 1 atom stereocenters. The van der Waals surface area contributed by atoms with E-state index in [1.54, 1.807) is 0 Å². The highest BCUT2D eigenvalue weighted by atomic mass is 14.9. The van der Waals surface area contributed by atoms with Crippen molar-refractivity contribution in [2.24, 2.45) is 5.41 Å². The molecule has 0 fully saturated rings. The smallest absolute Gasteiger partial charge is 0.0115 e. The SMILES string of the molecule is CC#CCCCCC(NCC)C(C)(C)C. The first-order chi connectivity index (χ1) is 7.02. The first-order valence-corrected chi connectivity index (χ1v) is 6.15. The highest BCUT2D eigenvalue weighted by Crippen LogP contribution is 2.23. The minimum absolute atomic E-state index is 0.368. The van der Waals surface area contributed by atoms with Crippen LogP contribution in [0.4, 0.5) is 0 Å². The molecule has 0 aromatic carbocycles. The van der Waals surface area contributed by atoms with Gasteiger partial charge in [0.05, 0.1) is 0 Å². The van der Waals surface area contributed by atoms with Crippen LogP contribution in [0.2, 0.25) is 0 Å². The number of unbranched alkanes of at least 4 members (excludes halogenated alkanes) is 2. The minimum atomic E-state index is 0.368. The van der Waals surface area contributed by atoms with E-state index in [0.717, 1.165) is 13.0 Å². The van der Waals surface area contributed by atoms with Crippen molar-refractivity contribution in [1.29, 1.82) is 0 Å². The van der Waals surface area contributed by atoms with Crippen LogP contribution in [0.5, 0.6) is 0 Å². The molecule has 0 spiro atoms. The quantitative estimate of drug-likeness (QED) is 0.520. The number of hydrogen-bond acceptors (Lipinski definition) is 1. The molecule has 0 aromatic heterocycles. The van der Waals surface area contributed by atoms with Crippen LogP contribution in [0, 0.1) is 17.3 Å². The van der Waals surface area contributed by atoms with E-state index < -0.39 is 0 Å². The molecule has 0 aromatic rings. The maximum absolute atomic E-state index is 3.58. The molecule has 1 N–H and O–H groups in total. The fraction of sp³-hybridized carbons (Fsp3) is 0.857. The summed E-state index contributed by atoms with van der Waals surface area (Å²) in [5.74, 6) is 6.07. The Bertz CT molecular complexity index is 202. The second-order valence-electron chi connectivity index (χ2n) is 5.15. The van der Waals surface area contributed by atoms with Gasteiger partial charge in [-0.25, -0.2) is 0 Å². The van der Waals surface area contributed by atoms with Gasteiger partial charge in [-0.3, -0.25) is 0 Å². The first kappa shape index (κ1) is 14.5. The summed E-state index contributed by atoms with van der Waals surface area (Å²) < 4.78 is 0. The van der Waals surface area contributed by atoms with Crippen molar-refractivity contribution in [3.8, 4) is 11.8 Å². The summed E-state index contributed by atoms with van der Waals surface area (Å²) in [6.07, 6.45) is 4.84. The Morgan fingerprint density at radius 1 is 1.20 bits per heavy atom. The van der Waals surface area contributed by atoms with Gasteiger partial charge in [-0.05, 0) is 31.7 Å². The van der Waals surface area contributed by atoms with E-state index in [9.17, 15) is 0 Å². The van der Waals surface area contributed by atoms with Crippen LogP contribution in [0.25, 0.3) is 0 Å². The zero-order valence-corrected chi connectivity index (χ0v) is 11.1. The Kier molecular flexibility index (Phi) is 7.52. The summed E-state index contributed by atoms with van der Waals surface area (Å²) in [4.78, 5) is 0. The van der Waals surface area contributed by atoms with E-state index in [4.69, 9.17) is 0 Å². The van der Waals surface area contributed by atoms with Crippen LogP contribution in [0.3, 0.4) is 0 Å². The summed E-state index contributed by atoms with van der Waals surface area (Å²) in [6, 6.07) is 0.636. The number of hydrogen-bond donors (Lipinski definition) is 1. The van der Waals surface area contributed by atoms with Gasteiger partial charge in [0.15, 0.2) is 0 Å². The molecular weight excluding hydrogens is 182 g/mol. The van der Waals surface area contributed by atoms with Gasteiger partial charge >= 0.3 is 0 Å². The van der Waals surface area contributed by atoms with Crippen molar-refractivity contribution in [2.45, 2.75) is 66.3 Å². The summed E-state index contributed by atoms with van der Waals surface area (Å²) in [6.45, 7) is 12.1. The highest BCUT2D eigenvalue weighted by Gasteiger charge is 2.22. The van der Waals surface area contributed by atoms with Gasteiger partial charge in [0.1, 0.15) is 0 Å². The molecule has 0 heterocycles. The van der Waals surface area contributed by atoms with Crippen LogP contribution < -0.4 is 5.32 Å². The molecule has 1 nitrogen and oxygen atoms in total. The fourth-order valence-corrected chi connectivity index (χ4v) is 1.77. The lowest BCUT2D eigenvalue weighted by Gasteiger charge is -2.31. The predicted molar refractivity (Wildman–Crippen MR) is 68.8 cm³/mol. The van der Waals surface area contributed by atoms with E-state index >= 15 is 0 Å². The normalized spacial score (nSPS) is 13.1. The van der Waals surface area contributed by atoms with Crippen LogP contribution in [0.1, 0.15) is 60.3 Å². The Hall–Kier alpha value is -0.480. The van der Waals surface area contributed by atoms with Crippen molar-refractivity contribution < 1.29 is 0 Å². The summed E-state index contributed by atoms with van der Waals surface area (Å²) >= 11 is 0. The topological polar surface area (TPSA) is 12.0 Å². The third-order valence-electron chi connectivity index (χ3n) is 2.72. The number of nitrogens with one attached hydrogen (secondary N) is 1. The third-order valence-corrected chi connectivity index (χ3v) is 2.72. The van der Waals surface area contributed by atoms with E-state index in [2.05, 4.69) is 44.9 Å². The Morgan fingerprint density at radius 3 is 2.33 bits per heavy atom. The van der Waals surface area contributed by atoms with Gasteiger partial charge in [-0.15, -0.1) is 11.8 Å². The Morgan fingerprint density at radius 2 is 1.87 bits per heavy atom. The van der Waals surface area contributed by atoms with E-state index in [-0.39, 0.29) is 0 Å². The van der Waals surface area contributed by atoms with Crippen LogP contribution in [-0.2, 0) is 0 Å². The van der Waals surface area contributed by atoms with Crippen LogP contribution in [-0.4, -0.2) is 12.6 Å². The molecule has 0 aliphatic heterocycles. The second kappa shape index (κ2) is 7.77. The van der Waals surface area contributed by atoms with Crippen molar-refractivity contribution in [3.63, 3.8) is 0 Å². The molecule has 0 bridgehead atoms. The lowest BCUT2D eigenvalue weighted by molar-refractivity contribution is 0.253. The third kappa shape index (κ3) is 7.45. The Balaban J connectivity index is 3.80. The molecule has 0 saturated carbocycles. The molecule has 88 valence electrons. The number of rotatable bonds is 6. The van der Waals surface area contributed by atoms with Gasteiger partial charge in [-0.2, -0.15) is 0 Å². The van der Waals surface area contributed by atoms with Gasteiger partial charge in [0, 0.05) is 12.5 Å². The Labute approximate surface area is 96.0 Å². The monoisotopic (exact) mass is 209 g/mol. The fourth-order valence-electron chi connectivity index (χ4n) is 1.77. The molecule has 0 rings (SSSR count). The van der Waals surface area contributed by atoms with Gasteiger partial charge < -0.3 is 5.32 Å². The van der Waals surface area contributed by atoms with E-state index in [1.807, 2.05) is 6.92 Å². The lowest BCUT2D eigenvalue weighted by atomic mass is 9.83. The van der Waals surface area contributed by atoms with E-state index in [1.165, 1.54) is 19.3 Å². The molecule has 0 aliphatic rings. The molecule has 0 saturated heterocycles. The van der Waals surface area contributed by atoms with Gasteiger partial charge in [0.2, 0.25) is 0 Å². The van der Waals surface area contributed by atoms with Crippen molar-refractivity contribution >= 4 is 0 Å². The van der Waals surface area contributed by atoms with Crippen molar-refractivity contribution in [3.05, 3.63) is 0 Å². The average molecular weight is 209 g/mol. The molecule has 15 heavy (non-hydrogen) atoms. The molecule has 0 aliphatic carbocycles. The molecule has 1 unspecified atom stereocenters. The highest BCUT2D eigenvalue weighted by molar-refractivity contribution is 4.94. The average Bonchev–Trinajstić information content (AvgIpc) is 2.14. The van der Waals surface area contributed by atoms with Crippen molar-refractivity contribution in [1.82, 2.24) is 5.32 Å². The predicted octanol–water partition coefficient (Wildman–Crippen LogP) is 3.59. The molecular formula is C14H27N. The minimum Gasteiger partial charge on any atom is -0.314 e. The lowest BCUT2D eigenvalue weighted by Crippen LogP contribution is -2.40. The second-order valence-corrected chi connectivity index (χ2v) is 5.15. The molecule has 1 heteroatoms. The van der Waals surface area contributed by atoms with Gasteiger partial charge in [-0.1, -0.05) is 34.1 Å². The largest absolute Gasteiger partial charge is 0.314 e. The summed E-state index contributed by atoms with van der Waals surface area (Å²) in [5.41, 5.74) is 0.368. The zero-order chi connectivity index (χ0) is 11.7. The summed E-state index contributed by atoms with van der Waals surface area (Å²) in [7, 11) is 0. The van der Waals surface area contributed by atoms with E-state index in [0.29, 0.717) is 11.5 Å².